The van der Waals surface area contributed by atoms with E-state index >= 15 is 0 Å². The van der Waals surface area contributed by atoms with Gasteiger partial charge in [0.1, 0.15) is 18.2 Å². The van der Waals surface area contributed by atoms with E-state index < -0.39 is 0 Å². The van der Waals surface area contributed by atoms with Crippen LogP contribution in [0.4, 0.5) is 5.82 Å². The zero-order chi connectivity index (χ0) is 19.7. The lowest BCUT2D eigenvalue weighted by Gasteiger charge is -2.22. The number of hydrogen-bond donors (Lipinski definition) is 2. The van der Waals surface area contributed by atoms with E-state index in [4.69, 9.17) is 4.74 Å². The predicted molar refractivity (Wildman–Crippen MR) is 104 cm³/mol. The fourth-order valence-electron chi connectivity index (χ4n) is 3.81. The molecule has 2 aromatic rings. The van der Waals surface area contributed by atoms with E-state index in [-0.39, 0.29) is 11.7 Å². The van der Waals surface area contributed by atoms with Crippen molar-refractivity contribution in [3.63, 3.8) is 0 Å². The Kier molecular flexibility index (Phi) is 5.27. The molecule has 0 saturated carbocycles. The Morgan fingerprint density at radius 3 is 3.00 bits per heavy atom. The summed E-state index contributed by atoms with van der Waals surface area (Å²) >= 11 is 0. The van der Waals surface area contributed by atoms with Crippen LogP contribution in [-0.2, 0) is 24.4 Å². The molecule has 2 N–H and O–H groups in total. The molecule has 4 heterocycles. The van der Waals surface area contributed by atoms with Crippen LogP contribution in [0.15, 0.2) is 6.20 Å². The molecule has 0 aromatic carbocycles. The number of carbonyl (C=O) groups excluding carboxylic acids is 1. The number of nitrogens with one attached hydrogen (secondary N) is 2. The van der Waals surface area contributed by atoms with Crippen molar-refractivity contribution in [3.05, 3.63) is 34.8 Å². The third kappa shape index (κ3) is 3.59. The number of ether oxygens (including phenoxy) is 1. The molecule has 1 fully saturated rings. The normalized spacial score (nSPS) is 19.0. The molecular weight excluding hydrogens is 358 g/mol. The van der Waals surface area contributed by atoms with Crippen LogP contribution in [0.2, 0.25) is 0 Å². The Hall–Kier alpha value is -2.52. The van der Waals surface area contributed by atoms with Gasteiger partial charge in [0.15, 0.2) is 0 Å². The molecule has 0 bridgehead atoms. The minimum atomic E-state index is -0.257. The first-order valence-electron chi connectivity index (χ1n) is 9.73. The van der Waals surface area contributed by atoms with Gasteiger partial charge in [-0.15, -0.1) is 0 Å². The summed E-state index contributed by atoms with van der Waals surface area (Å²) in [4.78, 5) is 27.5. The Morgan fingerprint density at radius 2 is 2.18 bits per heavy atom. The lowest BCUT2D eigenvalue weighted by atomic mass is 10.2. The van der Waals surface area contributed by atoms with Gasteiger partial charge in [0.2, 0.25) is 5.82 Å². The number of aromatic nitrogens is 4. The summed E-state index contributed by atoms with van der Waals surface area (Å²) in [5.41, 5.74) is 3.07. The monoisotopic (exact) mass is 385 g/mol. The molecule has 0 radical (unpaired) electrons. The molecule has 1 saturated heterocycles. The minimum absolute atomic E-state index is 0.227. The van der Waals surface area contributed by atoms with Crippen molar-refractivity contribution in [1.29, 1.82) is 0 Å². The van der Waals surface area contributed by atoms with Crippen molar-refractivity contribution in [3.8, 4) is 0 Å². The van der Waals surface area contributed by atoms with Crippen LogP contribution in [-0.4, -0.2) is 58.2 Å². The molecule has 28 heavy (non-hydrogen) atoms. The molecule has 2 aliphatic heterocycles. The van der Waals surface area contributed by atoms with Crippen LogP contribution >= 0.6 is 0 Å². The average molecular weight is 385 g/mol. The van der Waals surface area contributed by atoms with Gasteiger partial charge < -0.3 is 24.8 Å². The van der Waals surface area contributed by atoms with E-state index in [1.165, 1.54) is 5.69 Å². The maximum Gasteiger partial charge on any atom is 0.288 e. The topological polar surface area (TPSA) is 97.2 Å². The van der Waals surface area contributed by atoms with Gasteiger partial charge in [0.05, 0.1) is 12.3 Å². The van der Waals surface area contributed by atoms with Crippen LogP contribution in [0.3, 0.4) is 0 Å². The first-order chi connectivity index (χ1) is 13.6. The highest BCUT2D eigenvalue weighted by atomic mass is 16.5. The van der Waals surface area contributed by atoms with Crippen molar-refractivity contribution >= 4 is 11.7 Å². The molecule has 1 amide bonds. The van der Waals surface area contributed by atoms with Gasteiger partial charge in [-0.25, -0.2) is 15.0 Å². The van der Waals surface area contributed by atoms with Crippen molar-refractivity contribution in [2.24, 2.45) is 0 Å². The smallest absolute Gasteiger partial charge is 0.288 e. The summed E-state index contributed by atoms with van der Waals surface area (Å²) < 4.78 is 7.70. The highest BCUT2D eigenvalue weighted by Gasteiger charge is 2.26. The Bertz CT molecular complexity index is 879. The Labute approximate surface area is 164 Å². The number of fused-ring (bicyclic) bond motifs is 1. The predicted octanol–water partition coefficient (Wildman–Crippen LogP) is 0.548. The van der Waals surface area contributed by atoms with Gasteiger partial charge in [-0.3, -0.25) is 4.79 Å². The zero-order valence-corrected chi connectivity index (χ0v) is 16.7. The molecule has 9 nitrogen and oxygen atoms in total. The molecule has 4 rings (SSSR count). The summed E-state index contributed by atoms with van der Waals surface area (Å²) in [7, 11) is 1.59. The first-order valence-corrected chi connectivity index (χ1v) is 9.73. The van der Waals surface area contributed by atoms with E-state index in [1.54, 1.807) is 7.05 Å². The van der Waals surface area contributed by atoms with E-state index in [0.29, 0.717) is 12.6 Å². The second-order valence-electron chi connectivity index (χ2n) is 7.34. The Morgan fingerprint density at radius 1 is 1.32 bits per heavy atom. The second-order valence-corrected chi connectivity index (χ2v) is 7.34. The molecule has 2 aromatic heterocycles. The molecule has 1 atom stereocenters. The summed E-state index contributed by atoms with van der Waals surface area (Å²) in [6.07, 6.45) is 2.97. The first kappa shape index (κ1) is 18.8. The third-order valence-corrected chi connectivity index (χ3v) is 5.56. The van der Waals surface area contributed by atoms with Crippen LogP contribution < -0.4 is 15.5 Å². The highest BCUT2D eigenvalue weighted by Crippen LogP contribution is 2.24. The van der Waals surface area contributed by atoms with E-state index in [2.05, 4.69) is 35.1 Å². The number of anilines is 1. The SMILES string of the molecule is CNC(=O)c1nc(C)c(C)c(N2CC[C@@H](NCc3cnc4n3CCOC4)C2)n1. The van der Waals surface area contributed by atoms with Gasteiger partial charge in [-0.1, -0.05) is 0 Å². The van der Waals surface area contributed by atoms with Gasteiger partial charge in [-0.2, -0.15) is 0 Å². The standard InChI is InChI=1S/C19H27N7O2/c1-12-13(2)23-17(19(27)20-3)24-18(12)25-5-4-14(10-25)21-8-15-9-22-16-11-28-7-6-26(15)16/h9,14,21H,4-8,10-11H2,1-3H3,(H,20,27)/t14-/m1/s1. The van der Waals surface area contributed by atoms with Gasteiger partial charge >= 0.3 is 0 Å². The molecule has 2 aliphatic rings. The summed E-state index contributed by atoms with van der Waals surface area (Å²) in [6.45, 7) is 8.69. The Balaban J connectivity index is 1.42. The minimum Gasteiger partial charge on any atom is -0.372 e. The fourth-order valence-corrected chi connectivity index (χ4v) is 3.81. The van der Waals surface area contributed by atoms with Crippen LogP contribution in [0.1, 0.15) is 39.8 Å². The van der Waals surface area contributed by atoms with Crippen molar-refractivity contribution in [2.45, 2.75) is 46.0 Å². The summed E-state index contributed by atoms with van der Waals surface area (Å²) in [5, 5.41) is 6.25. The molecule has 0 aliphatic carbocycles. The van der Waals surface area contributed by atoms with Crippen molar-refractivity contribution in [1.82, 2.24) is 30.2 Å². The fraction of sp³-hybridized carbons (Fsp3) is 0.579. The largest absolute Gasteiger partial charge is 0.372 e. The van der Waals surface area contributed by atoms with Gasteiger partial charge in [0, 0.05) is 56.7 Å². The van der Waals surface area contributed by atoms with Crippen LogP contribution in [0.5, 0.6) is 0 Å². The number of rotatable bonds is 5. The van der Waals surface area contributed by atoms with Crippen LogP contribution in [0.25, 0.3) is 0 Å². The quantitative estimate of drug-likeness (QED) is 0.776. The van der Waals surface area contributed by atoms with Crippen molar-refractivity contribution < 1.29 is 9.53 Å². The average Bonchev–Trinajstić information content (AvgIpc) is 3.34. The molecular formula is C19H27N7O2. The third-order valence-electron chi connectivity index (χ3n) is 5.56. The number of nitrogens with zero attached hydrogens (tertiary/aromatic N) is 5. The lowest BCUT2D eigenvalue weighted by molar-refractivity contribution is 0.0805. The lowest BCUT2D eigenvalue weighted by Crippen LogP contribution is -2.34. The van der Waals surface area contributed by atoms with E-state index in [0.717, 1.165) is 62.1 Å². The van der Waals surface area contributed by atoms with Crippen LogP contribution in [0, 0.1) is 13.8 Å². The molecule has 0 spiro atoms. The van der Waals surface area contributed by atoms with Gasteiger partial charge in [-0.05, 0) is 20.3 Å². The van der Waals surface area contributed by atoms with E-state index in [9.17, 15) is 4.79 Å². The molecule has 150 valence electrons. The van der Waals surface area contributed by atoms with E-state index in [1.807, 2.05) is 20.0 Å². The zero-order valence-electron chi connectivity index (χ0n) is 16.7. The summed E-state index contributed by atoms with van der Waals surface area (Å²) in [6, 6.07) is 0.365. The highest BCUT2D eigenvalue weighted by molar-refractivity contribution is 5.90. The number of hydrogen-bond acceptors (Lipinski definition) is 7. The summed E-state index contributed by atoms with van der Waals surface area (Å²) in [5.74, 6) is 1.83. The molecule has 0 unspecified atom stereocenters. The van der Waals surface area contributed by atoms with Gasteiger partial charge in [0.25, 0.3) is 5.91 Å². The number of imidazole rings is 1. The van der Waals surface area contributed by atoms with Crippen molar-refractivity contribution in [2.75, 3.05) is 31.6 Å². The maximum absolute atomic E-state index is 12.0. The number of aryl methyl sites for hydroxylation is 1. The second kappa shape index (κ2) is 7.84. The number of amides is 1. The maximum atomic E-state index is 12.0. The number of carbonyl (C=O) groups is 1. The molecule has 9 heteroatoms.